The van der Waals surface area contributed by atoms with Crippen molar-refractivity contribution in [3.63, 3.8) is 0 Å². The summed E-state index contributed by atoms with van der Waals surface area (Å²) in [4.78, 5) is 19.0. The molecule has 198 valence electrons. The molecule has 0 aliphatic carbocycles. The first kappa shape index (κ1) is 26.6. The Morgan fingerprint density at radius 1 is 1.26 bits per heavy atom. The number of hydrogen-bond donors (Lipinski definition) is 2. The van der Waals surface area contributed by atoms with Gasteiger partial charge in [-0.15, -0.1) is 5.10 Å². The van der Waals surface area contributed by atoms with Crippen LogP contribution in [0.25, 0.3) is 0 Å². The number of aliphatic hydroxyl groups excluding tert-OH is 1. The number of methoxy groups -OCH3 is 1. The number of hydrogen-bond acceptors (Lipinski definition) is 9. The first-order valence-electron chi connectivity index (χ1n) is 11.4. The number of esters is 1. The van der Waals surface area contributed by atoms with Crippen LogP contribution in [0.15, 0.2) is 59.8 Å². The van der Waals surface area contributed by atoms with E-state index in [1.54, 1.807) is 38.1 Å². The van der Waals surface area contributed by atoms with Crippen LogP contribution >= 0.6 is 0 Å². The molecule has 0 bridgehead atoms. The summed E-state index contributed by atoms with van der Waals surface area (Å²) in [6.45, 7) is 3.25. The lowest BCUT2D eigenvalue weighted by Gasteiger charge is -2.35. The van der Waals surface area contributed by atoms with E-state index >= 15 is 0 Å². The molecule has 1 aliphatic heterocycles. The van der Waals surface area contributed by atoms with Crippen molar-refractivity contribution < 1.29 is 32.5 Å². The number of alkyl halides is 3. The van der Waals surface area contributed by atoms with Gasteiger partial charge in [0.2, 0.25) is 18.3 Å². The number of aromatic nitrogens is 3. The molecule has 0 amide bonds. The number of aliphatic hydroxyl groups is 1. The van der Waals surface area contributed by atoms with Crippen molar-refractivity contribution in [2.24, 2.45) is 0 Å². The van der Waals surface area contributed by atoms with E-state index in [2.05, 4.69) is 15.4 Å². The maximum atomic E-state index is 13.6. The van der Waals surface area contributed by atoms with Gasteiger partial charge < -0.3 is 19.9 Å². The zero-order chi connectivity index (χ0) is 27.6. The summed E-state index contributed by atoms with van der Waals surface area (Å²) in [6.07, 6.45) is -6.09. The molecule has 2 aromatic carbocycles. The number of nitrogens with one attached hydrogen (secondary N) is 1. The smallest absolute Gasteiger partial charge is 0.416 e. The number of rotatable bonds is 7. The standard InChI is InChI=1S/C25H23F3N6O4/c1-4-38-21(35)19-14(2)33(18-7-5-6-17(12-18)25(26,27)28)23-30-22(31-24(36)37-3)32-34(23)20(19)16-10-8-15(13-29)9-11-16/h5-12,20,24,36H,4H2,1-3H3,(H,31,32). The van der Waals surface area contributed by atoms with E-state index in [4.69, 9.17) is 9.47 Å². The number of ether oxygens (including phenoxy) is 2. The fourth-order valence-corrected chi connectivity index (χ4v) is 4.11. The molecule has 1 aromatic heterocycles. The first-order valence-corrected chi connectivity index (χ1v) is 11.4. The first-order chi connectivity index (χ1) is 18.1. The van der Waals surface area contributed by atoms with Gasteiger partial charge in [-0.3, -0.25) is 4.90 Å². The number of carbonyl (C=O) groups is 1. The molecule has 10 nitrogen and oxygen atoms in total. The van der Waals surface area contributed by atoms with E-state index in [0.717, 1.165) is 12.1 Å². The Morgan fingerprint density at radius 2 is 1.97 bits per heavy atom. The molecule has 3 aromatic rings. The maximum absolute atomic E-state index is 13.6. The Labute approximate surface area is 215 Å². The van der Waals surface area contributed by atoms with Crippen molar-refractivity contribution in [3.05, 3.63) is 76.5 Å². The molecule has 13 heteroatoms. The fourth-order valence-electron chi connectivity index (χ4n) is 4.11. The van der Waals surface area contributed by atoms with Crippen molar-refractivity contribution in [1.82, 2.24) is 14.8 Å². The van der Waals surface area contributed by atoms with Gasteiger partial charge in [-0.1, -0.05) is 18.2 Å². The molecule has 1 aliphatic rings. The summed E-state index contributed by atoms with van der Waals surface area (Å²) in [5, 5.41) is 26.0. The predicted octanol–water partition coefficient (Wildman–Crippen LogP) is 4.08. The highest BCUT2D eigenvalue weighted by molar-refractivity contribution is 5.93. The van der Waals surface area contributed by atoms with Crippen molar-refractivity contribution in [2.75, 3.05) is 23.9 Å². The summed E-state index contributed by atoms with van der Waals surface area (Å²) in [6, 6.07) is 12.1. The Morgan fingerprint density at radius 3 is 2.58 bits per heavy atom. The van der Waals surface area contributed by atoms with E-state index in [9.17, 15) is 28.3 Å². The summed E-state index contributed by atoms with van der Waals surface area (Å²) in [5.74, 6) is -0.748. The third-order valence-corrected chi connectivity index (χ3v) is 5.81. The summed E-state index contributed by atoms with van der Waals surface area (Å²) >= 11 is 0. The van der Waals surface area contributed by atoms with Gasteiger partial charge in [0.15, 0.2) is 0 Å². The third kappa shape index (κ3) is 5.04. The lowest BCUT2D eigenvalue weighted by molar-refractivity contribution is -0.139. The van der Waals surface area contributed by atoms with Crippen molar-refractivity contribution in [3.8, 4) is 6.07 Å². The van der Waals surface area contributed by atoms with Gasteiger partial charge in [0.1, 0.15) is 6.04 Å². The molecule has 2 atom stereocenters. The Bertz CT molecular complexity index is 1410. The molecule has 0 saturated heterocycles. The van der Waals surface area contributed by atoms with Crippen LogP contribution in [0.5, 0.6) is 0 Å². The average molecular weight is 528 g/mol. The zero-order valence-electron chi connectivity index (χ0n) is 20.5. The second kappa shape index (κ2) is 10.5. The number of anilines is 3. The van der Waals surface area contributed by atoms with E-state index in [-0.39, 0.29) is 35.5 Å². The van der Waals surface area contributed by atoms with E-state index in [1.165, 1.54) is 28.8 Å². The fraction of sp³-hybridized carbons (Fsp3) is 0.280. The maximum Gasteiger partial charge on any atom is 0.416 e. The topological polar surface area (TPSA) is 126 Å². The quantitative estimate of drug-likeness (QED) is 0.345. The monoisotopic (exact) mass is 528 g/mol. The van der Waals surface area contributed by atoms with Gasteiger partial charge in [-0.2, -0.15) is 23.4 Å². The largest absolute Gasteiger partial charge is 0.463 e. The molecule has 0 saturated carbocycles. The molecule has 4 rings (SSSR count). The molecular weight excluding hydrogens is 505 g/mol. The Kier molecular flexibility index (Phi) is 7.38. The second-order valence-corrected chi connectivity index (χ2v) is 8.15. The normalized spacial score (nSPS) is 16.1. The molecule has 38 heavy (non-hydrogen) atoms. The van der Waals surface area contributed by atoms with Crippen molar-refractivity contribution in [2.45, 2.75) is 32.5 Å². The molecule has 0 fully saturated rings. The second-order valence-electron chi connectivity index (χ2n) is 8.15. The van der Waals surface area contributed by atoms with Crippen LogP contribution in [0.2, 0.25) is 0 Å². The molecule has 2 unspecified atom stereocenters. The molecule has 2 N–H and O–H groups in total. The summed E-state index contributed by atoms with van der Waals surface area (Å²) < 4.78 is 52.1. The van der Waals surface area contributed by atoms with Gasteiger partial charge >= 0.3 is 12.1 Å². The minimum absolute atomic E-state index is 0.0519. The molecule has 2 heterocycles. The van der Waals surface area contributed by atoms with Crippen LogP contribution in [-0.2, 0) is 20.4 Å². The average Bonchev–Trinajstić information content (AvgIpc) is 3.30. The number of benzene rings is 2. The number of carbonyl (C=O) groups excluding carboxylic acids is 1. The molecule has 0 spiro atoms. The highest BCUT2D eigenvalue weighted by atomic mass is 19.4. The molecular formula is C25H23F3N6O4. The number of halogens is 3. The van der Waals surface area contributed by atoms with Crippen LogP contribution in [0.1, 0.15) is 36.6 Å². The third-order valence-electron chi connectivity index (χ3n) is 5.81. The highest BCUT2D eigenvalue weighted by Gasteiger charge is 2.40. The minimum atomic E-state index is -4.61. The Balaban J connectivity index is 1.98. The summed E-state index contributed by atoms with van der Waals surface area (Å²) in [7, 11) is 1.24. The highest BCUT2D eigenvalue weighted by Crippen LogP contribution is 2.44. The Hall–Kier alpha value is -4.41. The van der Waals surface area contributed by atoms with Crippen LogP contribution in [0.4, 0.5) is 30.8 Å². The van der Waals surface area contributed by atoms with Crippen LogP contribution in [-0.4, -0.2) is 46.0 Å². The van der Waals surface area contributed by atoms with Crippen molar-refractivity contribution >= 4 is 23.6 Å². The van der Waals surface area contributed by atoms with Crippen LogP contribution in [0, 0.1) is 11.3 Å². The van der Waals surface area contributed by atoms with Gasteiger partial charge in [0, 0.05) is 18.5 Å². The number of nitrogens with zero attached hydrogens (tertiary/aromatic N) is 5. The predicted molar refractivity (Wildman–Crippen MR) is 129 cm³/mol. The van der Waals surface area contributed by atoms with Crippen molar-refractivity contribution in [1.29, 1.82) is 5.26 Å². The lowest BCUT2D eigenvalue weighted by atomic mass is 9.94. The van der Waals surface area contributed by atoms with Gasteiger partial charge in [0.05, 0.1) is 29.4 Å². The lowest BCUT2D eigenvalue weighted by Crippen LogP contribution is -2.34. The summed E-state index contributed by atoms with van der Waals surface area (Å²) in [5.41, 5.74) is 0.470. The molecule has 0 radical (unpaired) electrons. The van der Waals surface area contributed by atoms with E-state index in [1.807, 2.05) is 6.07 Å². The van der Waals surface area contributed by atoms with Crippen LogP contribution in [0.3, 0.4) is 0 Å². The van der Waals surface area contributed by atoms with E-state index in [0.29, 0.717) is 11.1 Å². The van der Waals surface area contributed by atoms with Gasteiger partial charge in [-0.05, 0) is 49.7 Å². The minimum Gasteiger partial charge on any atom is -0.463 e. The zero-order valence-corrected chi connectivity index (χ0v) is 20.5. The number of fused-ring (bicyclic) bond motifs is 1. The SMILES string of the molecule is CCOC(=O)C1=C(C)N(c2cccc(C(F)(F)F)c2)c2nc(NC(O)OC)nn2C1c1ccc(C#N)cc1. The van der Waals surface area contributed by atoms with E-state index < -0.39 is 30.2 Å². The van der Waals surface area contributed by atoms with Gasteiger partial charge in [-0.25, -0.2) is 9.48 Å². The van der Waals surface area contributed by atoms with Gasteiger partial charge in [0.25, 0.3) is 0 Å². The number of nitriles is 1. The van der Waals surface area contributed by atoms with Crippen LogP contribution < -0.4 is 10.2 Å². The number of allylic oxidation sites excluding steroid dienone is 1.